The van der Waals surface area contributed by atoms with Gasteiger partial charge in [-0.05, 0) is 23.8 Å². The van der Waals surface area contributed by atoms with E-state index >= 15 is 0 Å². The highest BCUT2D eigenvalue weighted by Gasteiger charge is 2.15. The van der Waals surface area contributed by atoms with E-state index in [4.69, 9.17) is 0 Å². The number of carbonyl (C=O) groups excluding carboxylic acids is 1. The third kappa shape index (κ3) is 3.79. The van der Waals surface area contributed by atoms with Crippen molar-refractivity contribution in [3.8, 4) is 0 Å². The fraction of sp³-hybridized carbons (Fsp3) is 0.312. The van der Waals surface area contributed by atoms with E-state index in [9.17, 15) is 4.79 Å². The van der Waals surface area contributed by atoms with Crippen LogP contribution in [0.25, 0.3) is 10.8 Å². The van der Waals surface area contributed by atoms with Crippen LogP contribution in [0, 0.1) is 0 Å². The van der Waals surface area contributed by atoms with Crippen LogP contribution in [0.2, 0.25) is 0 Å². The van der Waals surface area contributed by atoms with E-state index in [1.54, 1.807) is 0 Å². The molecule has 0 bridgehead atoms. The van der Waals surface area contributed by atoms with Crippen molar-refractivity contribution >= 4 is 29.0 Å². The number of nitrogens with one attached hydrogen (secondary N) is 1. The number of hydrogen-bond donors (Lipinski definition) is 1. The summed E-state index contributed by atoms with van der Waals surface area (Å²) in [6.07, 6.45) is 0. The van der Waals surface area contributed by atoms with Crippen LogP contribution < -0.4 is 5.32 Å². The molecular formula is C16H20ClNO. The molecule has 0 aliphatic heterocycles. The molecule has 0 amide bonds. The quantitative estimate of drug-likeness (QED) is 0.861. The second-order valence-electron chi connectivity index (χ2n) is 4.97. The maximum Gasteiger partial charge on any atom is 0.179 e. The second kappa shape index (κ2) is 6.69. The summed E-state index contributed by atoms with van der Waals surface area (Å²) < 4.78 is 0. The number of halogens is 1. The van der Waals surface area contributed by atoms with Crippen LogP contribution in [0.4, 0.5) is 0 Å². The second-order valence-corrected chi connectivity index (χ2v) is 4.97. The fourth-order valence-electron chi connectivity index (χ4n) is 2.17. The molecule has 1 N–H and O–H groups in total. The van der Waals surface area contributed by atoms with E-state index < -0.39 is 0 Å². The largest absolute Gasteiger partial charge is 0.305 e. The van der Waals surface area contributed by atoms with Gasteiger partial charge in [0.1, 0.15) is 0 Å². The van der Waals surface area contributed by atoms with Crippen LogP contribution >= 0.6 is 12.4 Å². The molecule has 2 nitrogen and oxygen atoms in total. The van der Waals surface area contributed by atoms with Crippen LogP contribution in [-0.4, -0.2) is 17.9 Å². The lowest BCUT2D eigenvalue weighted by Crippen LogP contribution is -2.38. The van der Waals surface area contributed by atoms with Crippen LogP contribution in [-0.2, 0) is 0 Å². The highest BCUT2D eigenvalue weighted by atomic mass is 35.5. The Labute approximate surface area is 120 Å². The molecule has 0 aliphatic rings. The van der Waals surface area contributed by atoms with Crippen molar-refractivity contribution < 1.29 is 4.79 Å². The first-order valence-corrected chi connectivity index (χ1v) is 6.37. The SMILES string of the molecule is CC(C)NC(C)C(=O)c1ccc2ccccc2c1.Cl. The third-order valence-corrected chi connectivity index (χ3v) is 3.01. The first-order chi connectivity index (χ1) is 8.58. The lowest BCUT2D eigenvalue weighted by atomic mass is 10.0. The maximum atomic E-state index is 12.3. The van der Waals surface area contributed by atoms with Gasteiger partial charge in [0.25, 0.3) is 0 Å². The average molecular weight is 278 g/mol. The number of rotatable bonds is 4. The summed E-state index contributed by atoms with van der Waals surface area (Å²) in [6.45, 7) is 6.01. The van der Waals surface area contributed by atoms with E-state index in [0.717, 1.165) is 10.9 Å². The third-order valence-electron chi connectivity index (χ3n) is 3.01. The summed E-state index contributed by atoms with van der Waals surface area (Å²) in [5, 5.41) is 5.52. The normalized spacial score (nSPS) is 12.2. The molecule has 0 spiro atoms. The van der Waals surface area contributed by atoms with Gasteiger partial charge in [-0.25, -0.2) is 0 Å². The van der Waals surface area contributed by atoms with Crippen molar-refractivity contribution in [2.24, 2.45) is 0 Å². The monoisotopic (exact) mass is 277 g/mol. The molecule has 0 saturated carbocycles. The first kappa shape index (κ1) is 15.7. The predicted octanol–water partition coefficient (Wildman–Crippen LogP) is 3.83. The molecule has 1 unspecified atom stereocenters. The smallest absolute Gasteiger partial charge is 0.179 e. The summed E-state index contributed by atoms with van der Waals surface area (Å²) in [7, 11) is 0. The molecule has 0 heterocycles. The molecule has 2 aromatic rings. The molecule has 3 heteroatoms. The first-order valence-electron chi connectivity index (χ1n) is 6.37. The van der Waals surface area contributed by atoms with Gasteiger partial charge in [0.15, 0.2) is 5.78 Å². The minimum atomic E-state index is -0.147. The Morgan fingerprint density at radius 3 is 2.26 bits per heavy atom. The van der Waals surface area contributed by atoms with E-state index in [1.807, 2.05) is 57.2 Å². The molecular weight excluding hydrogens is 258 g/mol. The summed E-state index contributed by atoms with van der Waals surface area (Å²) in [5.41, 5.74) is 0.773. The Hall–Kier alpha value is -1.38. The Kier molecular flexibility index (Phi) is 5.52. The Bertz CT molecular complexity index is 565. The predicted molar refractivity (Wildman–Crippen MR) is 83.3 cm³/mol. The zero-order chi connectivity index (χ0) is 13.1. The van der Waals surface area contributed by atoms with Gasteiger partial charge in [0, 0.05) is 11.6 Å². The molecule has 1 atom stereocenters. The van der Waals surface area contributed by atoms with Crippen LogP contribution in [0.5, 0.6) is 0 Å². The van der Waals surface area contributed by atoms with Gasteiger partial charge in [0.2, 0.25) is 0 Å². The summed E-state index contributed by atoms with van der Waals surface area (Å²) in [6, 6.07) is 14.1. The van der Waals surface area contributed by atoms with Gasteiger partial charge in [-0.2, -0.15) is 0 Å². The minimum Gasteiger partial charge on any atom is -0.305 e. The van der Waals surface area contributed by atoms with Crippen molar-refractivity contribution in [1.82, 2.24) is 5.32 Å². The molecule has 0 saturated heterocycles. The number of Topliss-reactive ketones (excluding diaryl/α,β-unsaturated/α-hetero) is 1. The maximum absolute atomic E-state index is 12.3. The average Bonchev–Trinajstić information content (AvgIpc) is 2.36. The minimum absolute atomic E-state index is 0. The highest BCUT2D eigenvalue weighted by Crippen LogP contribution is 2.16. The van der Waals surface area contributed by atoms with Crippen LogP contribution in [0.1, 0.15) is 31.1 Å². The molecule has 19 heavy (non-hydrogen) atoms. The highest BCUT2D eigenvalue weighted by molar-refractivity contribution is 6.02. The van der Waals surface area contributed by atoms with Crippen molar-refractivity contribution in [2.45, 2.75) is 32.9 Å². The Morgan fingerprint density at radius 1 is 1.00 bits per heavy atom. The van der Waals surface area contributed by atoms with Crippen LogP contribution in [0.3, 0.4) is 0 Å². The molecule has 0 radical (unpaired) electrons. The summed E-state index contributed by atoms with van der Waals surface area (Å²) >= 11 is 0. The number of hydrogen-bond acceptors (Lipinski definition) is 2. The Morgan fingerprint density at radius 2 is 1.63 bits per heavy atom. The van der Waals surface area contributed by atoms with E-state index in [0.29, 0.717) is 6.04 Å². The zero-order valence-electron chi connectivity index (χ0n) is 11.5. The fourth-order valence-corrected chi connectivity index (χ4v) is 2.17. The standard InChI is InChI=1S/C16H19NO.ClH/c1-11(2)17-12(3)16(18)15-9-8-13-6-4-5-7-14(13)10-15;/h4-12,17H,1-3H3;1H. The van der Waals surface area contributed by atoms with Crippen LogP contribution in [0.15, 0.2) is 42.5 Å². The van der Waals surface area contributed by atoms with E-state index in [2.05, 4.69) is 11.4 Å². The van der Waals surface area contributed by atoms with Gasteiger partial charge >= 0.3 is 0 Å². The van der Waals surface area contributed by atoms with Gasteiger partial charge < -0.3 is 5.32 Å². The van der Waals surface area contributed by atoms with Gasteiger partial charge in [-0.15, -0.1) is 12.4 Å². The number of benzene rings is 2. The number of fused-ring (bicyclic) bond motifs is 1. The molecule has 102 valence electrons. The van der Waals surface area contributed by atoms with Crippen molar-refractivity contribution in [3.05, 3.63) is 48.0 Å². The molecule has 2 aromatic carbocycles. The van der Waals surface area contributed by atoms with Gasteiger partial charge in [-0.1, -0.05) is 50.2 Å². The van der Waals surface area contributed by atoms with Crippen molar-refractivity contribution in [2.75, 3.05) is 0 Å². The molecule has 0 fully saturated rings. The molecule has 2 rings (SSSR count). The van der Waals surface area contributed by atoms with Gasteiger partial charge in [0.05, 0.1) is 6.04 Å². The Balaban J connectivity index is 0.00000180. The molecule has 0 aliphatic carbocycles. The number of ketones is 1. The van der Waals surface area contributed by atoms with Crippen molar-refractivity contribution in [3.63, 3.8) is 0 Å². The summed E-state index contributed by atoms with van der Waals surface area (Å²) in [5.74, 6) is 0.148. The topological polar surface area (TPSA) is 29.1 Å². The number of carbonyl (C=O) groups is 1. The van der Waals surface area contributed by atoms with E-state index in [-0.39, 0.29) is 24.2 Å². The van der Waals surface area contributed by atoms with E-state index in [1.165, 1.54) is 5.39 Å². The summed E-state index contributed by atoms with van der Waals surface area (Å²) in [4.78, 5) is 12.3. The van der Waals surface area contributed by atoms with Gasteiger partial charge in [-0.3, -0.25) is 4.79 Å². The zero-order valence-corrected chi connectivity index (χ0v) is 12.3. The lowest BCUT2D eigenvalue weighted by Gasteiger charge is -2.15. The molecule has 0 aromatic heterocycles. The lowest BCUT2D eigenvalue weighted by molar-refractivity contribution is 0.0946. The van der Waals surface area contributed by atoms with Crippen molar-refractivity contribution in [1.29, 1.82) is 0 Å².